The third-order valence-corrected chi connectivity index (χ3v) is 1.76. The minimum atomic E-state index is -0.988. The minimum absolute atomic E-state index is 0.371. The maximum Gasteiger partial charge on any atom is 0.330 e. The number of rotatable bonds is 4. The van der Waals surface area contributed by atoms with E-state index in [2.05, 4.69) is 26.0 Å². The van der Waals surface area contributed by atoms with Crippen molar-refractivity contribution in [2.24, 2.45) is 0 Å². The number of halogens is 1. The van der Waals surface area contributed by atoms with Crippen molar-refractivity contribution in [3.63, 3.8) is 0 Å². The molecule has 0 saturated carbocycles. The number of hydrogen-bond acceptors (Lipinski definition) is 4. The Hall–Kier alpha value is -0.620. The molecule has 0 aromatic heterocycles. The molecular formula is C7H12BrNO4. The summed E-state index contributed by atoms with van der Waals surface area (Å²) in [5, 5.41) is 11.0. The van der Waals surface area contributed by atoms with Gasteiger partial charge in [0, 0.05) is 0 Å². The molecule has 2 atom stereocenters. The quantitative estimate of drug-likeness (QED) is 0.520. The lowest BCUT2D eigenvalue weighted by Gasteiger charge is -2.14. The number of hydrogen-bond donors (Lipinski definition) is 2. The number of carbonyl (C=O) groups excluding carboxylic acids is 2. The number of methoxy groups -OCH3 is 1. The van der Waals surface area contributed by atoms with Gasteiger partial charge in [0.25, 0.3) is 0 Å². The van der Waals surface area contributed by atoms with Gasteiger partial charge in [0.15, 0.2) is 6.04 Å². The normalized spacial score (nSPS) is 14.5. The molecule has 0 aliphatic carbocycles. The van der Waals surface area contributed by atoms with Crippen LogP contribution in [0.4, 0.5) is 0 Å². The Morgan fingerprint density at radius 2 is 2.15 bits per heavy atom. The molecule has 0 saturated heterocycles. The van der Waals surface area contributed by atoms with Crippen molar-refractivity contribution >= 4 is 27.8 Å². The van der Waals surface area contributed by atoms with Gasteiger partial charge in [-0.1, -0.05) is 15.9 Å². The number of carbonyl (C=O) groups is 2. The van der Waals surface area contributed by atoms with Crippen LogP contribution in [0.1, 0.15) is 6.92 Å². The lowest BCUT2D eigenvalue weighted by Crippen LogP contribution is -2.46. The Labute approximate surface area is 84.6 Å². The molecule has 0 rings (SSSR count). The molecule has 0 aromatic rings. The number of alkyl halides is 1. The largest absolute Gasteiger partial charge is 0.467 e. The Kier molecular flexibility index (Phi) is 5.65. The topological polar surface area (TPSA) is 75.6 Å². The molecule has 0 heterocycles. The van der Waals surface area contributed by atoms with Crippen LogP contribution in [0.15, 0.2) is 0 Å². The number of aliphatic hydroxyl groups excluding tert-OH is 1. The number of aliphatic hydroxyl groups is 1. The molecule has 0 spiro atoms. The summed E-state index contributed by atoms with van der Waals surface area (Å²) in [6, 6.07) is -0.988. The van der Waals surface area contributed by atoms with E-state index in [0.29, 0.717) is 0 Å². The summed E-state index contributed by atoms with van der Waals surface area (Å²) in [5.41, 5.74) is 0. The van der Waals surface area contributed by atoms with E-state index in [-0.39, 0.29) is 5.91 Å². The summed E-state index contributed by atoms with van der Waals surface area (Å²) in [5.74, 6) is -1.03. The molecule has 5 nitrogen and oxygen atoms in total. The molecule has 6 heteroatoms. The van der Waals surface area contributed by atoms with E-state index >= 15 is 0 Å². The SMILES string of the molecule is COC(=O)C(CO)NC(=O)C(C)Br. The first kappa shape index (κ1) is 12.4. The van der Waals surface area contributed by atoms with Crippen LogP contribution >= 0.6 is 15.9 Å². The Bertz CT molecular complexity index is 195. The van der Waals surface area contributed by atoms with Crippen LogP contribution in [0, 0.1) is 0 Å². The molecule has 2 N–H and O–H groups in total. The summed E-state index contributed by atoms with van der Waals surface area (Å²) in [7, 11) is 1.19. The fourth-order valence-corrected chi connectivity index (χ4v) is 0.740. The van der Waals surface area contributed by atoms with Crippen molar-refractivity contribution < 1.29 is 19.4 Å². The Balaban J connectivity index is 4.13. The first-order valence-electron chi connectivity index (χ1n) is 3.66. The van der Waals surface area contributed by atoms with Crippen LogP contribution in [-0.4, -0.2) is 41.6 Å². The molecule has 76 valence electrons. The molecule has 0 radical (unpaired) electrons. The van der Waals surface area contributed by atoms with E-state index in [9.17, 15) is 9.59 Å². The molecular weight excluding hydrogens is 242 g/mol. The lowest BCUT2D eigenvalue weighted by molar-refractivity contribution is -0.146. The molecule has 0 bridgehead atoms. The molecule has 0 aliphatic heterocycles. The van der Waals surface area contributed by atoms with E-state index < -0.39 is 23.4 Å². The molecule has 2 unspecified atom stereocenters. The monoisotopic (exact) mass is 253 g/mol. The van der Waals surface area contributed by atoms with Gasteiger partial charge in [-0.2, -0.15) is 0 Å². The number of ether oxygens (including phenoxy) is 1. The summed E-state index contributed by atoms with van der Waals surface area (Å²) < 4.78 is 4.35. The molecule has 0 fully saturated rings. The van der Waals surface area contributed by atoms with Crippen LogP contribution in [0.2, 0.25) is 0 Å². The average Bonchev–Trinajstić information content (AvgIpc) is 2.12. The Morgan fingerprint density at radius 3 is 2.46 bits per heavy atom. The number of nitrogens with one attached hydrogen (secondary N) is 1. The lowest BCUT2D eigenvalue weighted by atomic mass is 10.3. The first-order valence-corrected chi connectivity index (χ1v) is 4.57. The van der Waals surface area contributed by atoms with Gasteiger partial charge in [-0.25, -0.2) is 4.79 Å². The van der Waals surface area contributed by atoms with E-state index in [1.54, 1.807) is 6.92 Å². The number of esters is 1. The second kappa shape index (κ2) is 5.93. The summed E-state index contributed by atoms with van der Waals surface area (Å²) in [6.07, 6.45) is 0. The van der Waals surface area contributed by atoms with E-state index in [0.717, 1.165) is 0 Å². The van der Waals surface area contributed by atoms with E-state index in [1.807, 2.05) is 0 Å². The highest BCUT2D eigenvalue weighted by Crippen LogP contribution is 1.98. The third kappa shape index (κ3) is 4.23. The second-order valence-electron chi connectivity index (χ2n) is 2.38. The van der Waals surface area contributed by atoms with Crippen LogP contribution in [0.25, 0.3) is 0 Å². The van der Waals surface area contributed by atoms with Gasteiger partial charge in [-0.15, -0.1) is 0 Å². The van der Waals surface area contributed by atoms with Gasteiger partial charge in [-0.3, -0.25) is 4.79 Å². The molecule has 13 heavy (non-hydrogen) atoms. The van der Waals surface area contributed by atoms with Crippen LogP contribution in [-0.2, 0) is 14.3 Å². The standard InChI is InChI=1S/C7H12BrNO4/c1-4(8)6(11)9-5(3-10)7(12)13-2/h4-5,10H,3H2,1-2H3,(H,9,11). The number of amides is 1. The van der Waals surface area contributed by atoms with Crippen molar-refractivity contribution in [1.29, 1.82) is 0 Å². The minimum Gasteiger partial charge on any atom is -0.467 e. The Morgan fingerprint density at radius 1 is 1.62 bits per heavy atom. The highest BCUT2D eigenvalue weighted by molar-refractivity contribution is 9.10. The van der Waals surface area contributed by atoms with E-state index in [1.165, 1.54) is 7.11 Å². The first-order chi connectivity index (χ1) is 6.02. The molecule has 1 amide bonds. The molecule has 0 aromatic carbocycles. The summed E-state index contributed by atoms with van der Waals surface area (Å²) >= 11 is 3.02. The summed E-state index contributed by atoms with van der Waals surface area (Å²) in [6.45, 7) is 1.14. The van der Waals surface area contributed by atoms with Crippen molar-refractivity contribution in [2.45, 2.75) is 17.8 Å². The van der Waals surface area contributed by atoms with Gasteiger partial charge >= 0.3 is 5.97 Å². The van der Waals surface area contributed by atoms with Gasteiger partial charge in [0.2, 0.25) is 5.91 Å². The highest BCUT2D eigenvalue weighted by Gasteiger charge is 2.21. The third-order valence-electron chi connectivity index (χ3n) is 1.35. The van der Waals surface area contributed by atoms with Crippen molar-refractivity contribution in [3.05, 3.63) is 0 Å². The zero-order valence-electron chi connectivity index (χ0n) is 7.41. The van der Waals surface area contributed by atoms with E-state index in [4.69, 9.17) is 5.11 Å². The fraction of sp³-hybridized carbons (Fsp3) is 0.714. The maximum absolute atomic E-state index is 11.1. The predicted molar refractivity (Wildman–Crippen MR) is 49.4 cm³/mol. The van der Waals surface area contributed by atoms with Gasteiger partial charge in [0.05, 0.1) is 18.5 Å². The predicted octanol–water partition coefficient (Wildman–Crippen LogP) is -0.580. The van der Waals surface area contributed by atoms with Crippen LogP contribution in [0.3, 0.4) is 0 Å². The molecule has 0 aliphatic rings. The van der Waals surface area contributed by atoms with Crippen molar-refractivity contribution in [1.82, 2.24) is 5.32 Å². The average molecular weight is 254 g/mol. The summed E-state index contributed by atoms with van der Waals surface area (Å²) in [4.78, 5) is 21.5. The zero-order valence-corrected chi connectivity index (χ0v) is 9.00. The van der Waals surface area contributed by atoms with Gasteiger partial charge in [0.1, 0.15) is 0 Å². The van der Waals surface area contributed by atoms with Crippen molar-refractivity contribution in [3.8, 4) is 0 Å². The van der Waals surface area contributed by atoms with Gasteiger partial charge < -0.3 is 15.2 Å². The zero-order chi connectivity index (χ0) is 10.4. The van der Waals surface area contributed by atoms with Crippen molar-refractivity contribution in [2.75, 3.05) is 13.7 Å². The smallest absolute Gasteiger partial charge is 0.330 e. The second-order valence-corrected chi connectivity index (χ2v) is 3.76. The maximum atomic E-state index is 11.1. The van der Waals surface area contributed by atoms with Crippen LogP contribution < -0.4 is 5.32 Å². The fourth-order valence-electron chi connectivity index (χ4n) is 0.608. The highest BCUT2D eigenvalue weighted by atomic mass is 79.9. The van der Waals surface area contributed by atoms with Gasteiger partial charge in [-0.05, 0) is 6.92 Å². The van der Waals surface area contributed by atoms with Crippen LogP contribution in [0.5, 0.6) is 0 Å².